The summed E-state index contributed by atoms with van der Waals surface area (Å²) in [6.07, 6.45) is -2.70. The van der Waals surface area contributed by atoms with Crippen molar-refractivity contribution in [3.63, 3.8) is 0 Å². The molecule has 1 aromatic carbocycles. The SMILES string of the molecule is C[C@@H]1CC(N[C@H](C)c2ccccc2OC(F)(F)F)C[C@@H](C)O1. The number of para-hydroxylation sites is 1. The summed E-state index contributed by atoms with van der Waals surface area (Å²) in [5, 5.41) is 3.39. The van der Waals surface area contributed by atoms with Gasteiger partial charge in [0.15, 0.2) is 0 Å². The number of alkyl halides is 3. The minimum absolute atomic E-state index is 0.148. The van der Waals surface area contributed by atoms with Gasteiger partial charge in [-0.15, -0.1) is 13.2 Å². The molecule has 0 spiro atoms. The Morgan fingerprint density at radius 2 is 1.77 bits per heavy atom. The molecule has 1 aliphatic rings. The van der Waals surface area contributed by atoms with E-state index >= 15 is 0 Å². The lowest BCUT2D eigenvalue weighted by Crippen LogP contribution is -2.42. The van der Waals surface area contributed by atoms with Crippen molar-refractivity contribution in [2.45, 2.75) is 64.3 Å². The highest BCUT2D eigenvalue weighted by Gasteiger charge is 2.33. The van der Waals surface area contributed by atoms with Crippen molar-refractivity contribution < 1.29 is 22.6 Å². The fourth-order valence-corrected chi connectivity index (χ4v) is 3.04. The maximum atomic E-state index is 12.5. The molecule has 0 unspecified atom stereocenters. The number of halogens is 3. The van der Waals surface area contributed by atoms with E-state index in [0.29, 0.717) is 5.56 Å². The second-order valence-electron chi connectivity index (χ2n) is 5.90. The Morgan fingerprint density at radius 3 is 2.36 bits per heavy atom. The highest BCUT2D eigenvalue weighted by Crippen LogP contribution is 2.31. The molecule has 22 heavy (non-hydrogen) atoms. The molecule has 0 aliphatic carbocycles. The van der Waals surface area contributed by atoms with Gasteiger partial charge in [0.25, 0.3) is 0 Å². The lowest BCUT2D eigenvalue weighted by molar-refractivity contribution is -0.275. The molecule has 0 aromatic heterocycles. The Kier molecular flexibility index (Phi) is 5.34. The van der Waals surface area contributed by atoms with E-state index in [2.05, 4.69) is 10.1 Å². The zero-order valence-electron chi connectivity index (χ0n) is 13.0. The molecule has 1 saturated heterocycles. The molecule has 1 aliphatic heterocycles. The van der Waals surface area contributed by atoms with Crippen LogP contribution in [0.1, 0.15) is 45.2 Å². The molecule has 0 radical (unpaired) electrons. The van der Waals surface area contributed by atoms with Crippen LogP contribution in [0.2, 0.25) is 0 Å². The molecular formula is C16H22F3NO2. The highest BCUT2D eigenvalue weighted by molar-refractivity contribution is 5.35. The van der Waals surface area contributed by atoms with E-state index in [1.54, 1.807) is 12.1 Å². The lowest BCUT2D eigenvalue weighted by Gasteiger charge is -2.34. The van der Waals surface area contributed by atoms with Crippen molar-refractivity contribution in [1.82, 2.24) is 5.32 Å². The summed E-state index contributed by atoms with van der Waals surface area (Å²) in [6.45, 7) is 5.87. The van der Waals surface area contributed by atoms with Gasteiger partial charge in [-0.3, -0.25) is 0 Å². The van der Waals surface area contributed by atoms with Gasteiger partial charge in [-0.1, -0.05) is 18.2 Å². The van der Waals surface area contributed by atoms with Crippen LogP contribution >= 0.6 is 0 Å². The lowest BCUT2D eigenvalue weighted by atomic mass is 9.97. The maximum Gasteiger partial charge on any atom is 0.573 e. The van der Waals surface area contributed by atoms with E-state index in [-0.39, 0.29) is 30.0 Å². The van der Waals surface area contributed by atoms with E-state index in [9.17, 15) is 13.2 Å². The van der Waals surface area contributed by atoms with Crippen LogP contribution in [-0.2, 0) is 4.74 Å². The predicted molar refractivity (Wildman–Crippen MR) is 77.7 cm³/mol. The molecule has 124 valence electrons. The molecule has 1 heterocycles. The third-order valence-electron chi connectivity index (χ3n) is 3.79. The van der Waals surface area contributed by atoms with Crippen molar-refractivity contribution in [2.75, 3.05) is 0 Å². The summed E-state index contributed by atoms with van der Waals surface area (Å²) in [4.78, 5) is 0. The fourth-order valence-electron chi connectivity index (χ4n) is 3.04. The number of hydrogen-bond acceptors (Lipinski definition) is 3. The second kappa shape index (κ2) is 6.87. The number of nitrogens with one attached hydrogen (secondary N) is 1. The first-order valence-electron chi connectivity index (χ1n) is 7.51. The fraction of sp³-hybridized carbons (Fsp3) is 0.625. The molecule has 3 nitrogen and oxygen atoms in total. The van der Waals surface area contributed by atoms with Gasteiger partial charge >= 0.3 is 6.36 Å². The largest absolute Gasteiger partial charge is 0.573 e. The molecule has 1 N–H and O–H groups in total. The van der Waals surface area contributed by atoms with Crippen LogP contribution < -0.4 is 10.1 Å². The monoisotopic (exact) mass is 317 g/mol. The van der Waals surface area contributed by atoms with Crippen LogP contribution in [0.3, 0.4) is 0 Å². The Bertz CT molecular complexity index is 483. The van der Waals surface area contributed by atoms with Gasteiger partial charge in [0.05, 0.1) is 12.2 Å². The van der Waals surface area contributed by atoms with E-state index in [0.717, 1.165) is 12.8 Å². The third-order valence-corrected chi connectivity index (χ3v) is 3.79. The number of ether oxygens (including phenoxy) is 2. The minimum atomic E-state index is -4.68. The maximum absolute atomic E-state index is 12.5. The van der Waals surface area contributed by atoms with Crippen molar-refractivity contribution in [2.24, 2.45) is 0 Å². The topological polar surface area (TPSA) is 30.5 Å². The number of benzene rings is 1. The molecule has 1 fully saturated rings. The molecule has 6 heteroatoms. The first-order chi connectivity index (χ1) is 10.2. The Labute approximate surface area is 128 Å². The van der Waals surface area contributed by atoms with Gasteiger partial charge in [0, 0.05) is 17.6 Å². The zero-order valence-corrected chi connectivity index (χ0v) is 13.0. The molecule has 1 aromatic rings. The summed E-state index contributed by atoms with van der Waals surface area (Å²) in [5.74, 6) is -0.150. The first kappa shape index (κ1) is 17.1. The van der Waals surface area contributed by atoms with Crippen molar-refractivity contribution in [3.8, 4) is 5.75 Å². The normalized spacial score (nSPS) is 27.5. The molecule has 3 atom stereocenters. The van der Waals surface area contributed by atoms with Crippen molar-refractivity contribution in [1.29, 1.82) is 0 Å². The zero-order chi connectivity index (χ0) is 16.3. The second-order valence-corrected chi connectivity index (χ2v) is 5.90. The predicted octanol–water partition coefficient (Wildman–Crippen LogP) is 4.19. The number of rotatable bonds is 4. The van der Waals surface area contributed by atoms with E-state index < -0.39 is 6.36 Å². The average molecular weight is 317 g/mol. The van der Waals surface area contributed by atoms with Crippen LogP contribution in [0, 0.1) is 0 Å². The van der Waals surface area contributed by atoms with Crippen LogP contribution in [0.15, 0.2) is 24.3 Å². The van der Waals surface area contributed by atoms with Crippen molar-refractivity contribution in [3.05, 3.63) is 29.8 Å². The van der Waals surface area contributed by atoms with Gasteiger partial charge in [-0.2, -0.15) is 0 Å². The van der Waals surface area contributed by atoms with E-state index in [1.165, 1.54) is 12.1 Å². The minimum Gasteiger partial charge on any atom is -0.405 e. The summed E-state index contributed by atoms with van der Waals surface area (Å²) in [6, 6.07) is 6.23. The van der Waals surface area contributed by atoms with E-state index in [4.69, 9.17) is 4.74 Å². The van der Waals surface area contributed by atoms with Gasteiger partial charge in [-0.05, 0) is 39.7 Å². The average Bonchev–Trinajstić information content (AvgIpc) is 2.35. The van der Waals surface area contributed by atoms with Crippen molar-refractivity contribution >= 4 is 0 Å². The molecule has 0 saturated carbocycles. The highest BCUT2D eigenvalue weighted by atomic mass is 19.4. The molecular weight excluding hydrogens is 295 g/mol. The Balaban J connectivity index is 2.07. The van der Waals surface area contributed by atoms with Gasteiger partial charge in [-0.25, -0.2) is 0 Å². The van der Waals surface area contributed by atoms with Gasteiger partial charge in [0.1, 0.15) is 5.75 Å². The first-order valence-corrected chi connectivity index (χ1v) is 7.51. The van der Waals surface area contributed by atoms with Crippen LogP contribution in [-0.4, -0.2) is 24.6 Å². The summed E-state index contributed by atoms with van der Waals surface area (Å²) in [5.41, 5.74) is 0.506. The molecule has 0 amide bonds. The summed E-state index contributed by atoms with van der Waals surface area (Å²) < 4.78 is 47.3. The number of hydrogen-bond donors (Lipinski definition) is 1. The Hall–Kier alpha value is -1.27. The van der Waals surface area contributed by atoms with Crippen LogP contribution in [0.4, 0.5) is 13.2 Å². The molecule has 0 bridgehead atoms. The van der Waals surface area contributed by atoms with Crippen LogP contribution in [0.25, 0.3) is 0 Å². The smallest absolute Gasteiger partial charge is 0.405 e. The standard InChI is InChI=1S/C16H22F3NO2/c1-10-8-13(9-11(2)21-10)20-12(3)14-6-4-5-7-15(14)22-16(17,18)19/h4-7,10-13,20H,8-9H2,1-3H3/t10-,11-,12-/m1/s1. The Morgan fingerprint density at radius 1 is 1.18 bits per heavy atom. The van der Waals surface area contributed by atoms with Crippen LogP contribution in [0.5, 0.6) is 5.75 Å². The van der Waals surface area contributed by atoms with Gasteiger partial charge < -0.3 is 14.8 Å². The molecule has 2 rings (SSSR count). The third kappa shape index (κ3) is 4.88. The van der Waals surface area contributed by atoms with Gasteiger partial charge in [0.2, 0.25) is 0 Å². The summed E-state index contributed by atoms with van der Waals surface area (Å²) in [7, 11) is 0. The summed E-state index contributed by atoms with van der Waals surface area (Å²) >= 11 is 0. The van der Waals surface area contributed by atoms with E-state index in [1.807, 2.05) is 20.8 Å². The quantitative estimate of drug-likeness (QED) is 0.903.